The Morgan fingerprint density at radius 1 is 1.08 bits per heavy atom. The SMILES string of the molecule is Nc1[nH]nc2nc(Cl)nc(C3=CCC=C(Oc4ccccc4)C=C3)c12. The molecule has 0 atom stereocenters. The third-order valence-electron chi connectivity index (χ3n) is 3.75. The fourth-order valence-electron chi connectivity index (χ4n) is 2.62. The number of nitrogen functional groups attached to an aromatic ring is 1. The Morgan fingerprint density at radius 3 is 2.76 bits per heavy atom. The van der Waals surface area contributed by atoms with Crippen molar-refractivity contribution >= 4 is 34.0 Å². The number of para-hydroxylation sites is 1. The number of nitrogens with one attached hydrogen (secondary N) is 1. The number of allylic oxidation sites excluding steroid dienone is 5. The first kappa shape index (κ1) is 15.4. The molecular weight excluding hydrogens is 338 g/mol. The average molecular weight is 352 g/mol. The van der Waals surface area contributed by atoms with E-state index in [2.05, 4.69) is 20.2 Å². The minimum absolute atomic E-state index is 0.126. The van der Waals surface area contributed by atoms with Crippen molar-refractivity contribution in [1.29, 1.82) is 0 Å². The third-order valence-corrected chi connectivity index (χ3v) is 3.92. The van der Waals surface area contributed by atoms with Crippen molar-refractivity contribution in [2.45, 2.75) is 6.42 Å². The highest BCUT2D eigenvalue weighted by Crippen LogP contribution is 2.29. The predicted molar refractivity (Wildman–Crippen MR) is 98.0 cm³/mol. The van der Waals surface area contributed by atoms with Crippen LogP contribution in [0.1, 0.15) is 12.1 Å². The summed E-state index contributed by atoms with van der Waals surface area (Å²) in [6, 6.07) is 9.63. The second kappa shape index (κ2) is 6.41. The number of anilines is 1. The summed E-state index contributed by atoms with van der Waals surface area (Å²) in [5, 5.41) is 7.56. The molecule has 3 N–H and O–H groups in total. The van der Waals surface area contributed by atoms with Crippen molar-refractivity contribution in [3.8, 4) is 5.75 Å². The van der Waals surface area contributed by atoms with Crippen molar-refractivity contribution in [1.82, 2.24) is 20.2 Å². The molecule has 1 aliphatic rings. The van der Waals surface area contributed by atoms with Gasteiger partial charge in [-0.05, 0) is 54.0 Å². The highest BCUT2D eigenvalue weighted by molar-refractivity contribution is 6.28. The van der Waals surface area contributed by atoms with Gasteiger partial charge in [0.15, 0.2) is 5.65 Å². The number of nitrogens with two attached hydrogens (primary N) is 1. The maximum Gasteiger partial charge on any atom is 0.225 e. The van der Waals surface area contributed by atoms with Gasteiger partial charge in [-0.2, -0.15) is 10.1 Å². The zero-order chi connectivity index (χ0) is 17.2. The van der Waals surface area contributed by atoms with E-state index in [0.717, 1.165) is 17.1 Å². The predicted octanol–water partition coefficient (Wildman–Crippen LogP) is 3.89. The molecule has 2 aromatic heterocycles. The molecule has 0 amide bonds. The molecule has 3 aromatic rings. The van der Waals surface area contributed by atoms with Gasteiger partial charge in [-0.15, -0.1) is 0 Å². The normalized spacial score (nSPS) is 14.1. The molecule has 1 aliphatic carbocycles. The lowest BCUT2D eigenvalue weighted by Crippen LogP contribution is -1.95. The first-order valence-corrected chi connectivity index (χ1v) is 8.07. The molecular formula is C18H14ClN5O. The molecule has 0 unspecified atom stereocenters. The lowest BCUT2D eigenvalue weighted by molar-refractivity contribution is 0.443. The monoisotopic (exact) mass is 351 g/mol. The van der Waals surface area contributed by atoms with Gasteiger partial charge >= 0.3 is 0 Å². The molecule has 124 valence electrons. The van der Waals surface area contributed by atoms with Gasteiger partial charge in [0.25, 0.3) is 0 Å². The number of halogens is 1. The molecule has 1 aromatic carbocycles. The molecule has 0 saturated carbocycles. The molecule has 2 heterocycles. The fourth-order valence-corrected chi connectivity index (χ4v) is 2.78. The summed E-state index contributed by atoms with van der Waals surface area (Å²) in [7, 11) is 0. The van der Waals surface area contributed by atoms with E-state index in [1.165, 1.54) is 0 Å². The van der Waals surface area contributed by atoms with E-state index in [4.69, 9.17) is 22.1 Å². The van der Waals surface area contributed by atoms with E-state index in [1.54, 1.807) is 0 Å². The molecule has 0 bridgehead atoms. The molecule has 0 aliphatic heterocycles. The third kappa shape index (κ3) is 3.12. The van der Waals surface area contributed by atoms with Crippen molar-refractivity contribution in [3.63, 3.8) is 0 Å². The maximum absolute atomic E-state index is 6.02. The fraction of sp³-hybridized carbons (Fsp3) is 0.0556. The molecule has 4 rings (SSSR count). The number of aromatic amines is 1. The number of benzene rings is 1. The van der Waals surface area contributed by atoms with Crippen molar-refractivity contribution in [2.24, 2.45) is 0 Å². The summed E-state index contributed by atoms with van der Waals surface area (Å²) in [6.07, 6.45) is 8.53. The Kier molecular flexibility index (Phi) is 3.95. The number of H-pyrrole nitrogens is 1. The van der Waals surface area contributed by atoms with Crippen LogP contribution >= 0.6 is 11.6 Å². The van der Waals surface area contributed by atoms with E-state index in [9.17, 15) is 0 Å². The smallest absolute Gasteiger partial charge is 0.225 e. The number of fused-ring (bicyclic) bond motifs is 1. The number of hydrogen-bond acceptors (Lipinski definition) is 5. The van der Waals surface area contributed by atoms with Crippen LogP contribution in [0.4, 0.5) is 5.82 Å². The molecule has 6 nitrogen and oxygen atoms in total. The molecule has 0 radical (unpaired) electrons. The first-order valence-electron chi connectivity index (χ1n) is 7.69. The molecule has 0 fully saturated rings. The van der Waals surface area contributed by atoms with Gasteiger partial charge < -0.3 is 10.5 Å². The van der Waals surface area contributed by atoms with E-state index in [-0.39, 0.29) is 5.28 Å². The van der Waals surface area contributed by atoms with Crippen LogP contribution in [-0.4, -0.2) is 20.2 Å². The Balaban J connectivity index is 1.66. The quantitative estimate of drug-likeness (QED) is 0.698. The minimum atomic E-state index is 0.126. The Bertz CT molecular complexity index is 1020. The molecule has 7 heteroatoms. The zero-order valence-electron chi connectivity index (χ0n) is 13.1. The van der Waals surface area contributed by atoms with Gasteiger partial charge in [0.1, 0.15) is 17.3 Å². The van der Waals surface area contributed by atoms with Crippen LogP contribution in [0.25, 0.3) is 16.6 Å². The Hall–Kier alpha value is -3.12. The summed E-state index contributed by atoms with van der Waals surface area (Å²) < 4.78 is 5.88. The lowest BCUT2D eigenvalue weighted by Gasteiger charge is -2.05. The summed E-state index contributed by atoms with van der Waals surface area (Å²) in [5.74, 6) is 1.95. The summed E-state index contributed by atoms with van der Waals surface area (Å²) in [6.45, 7) is 0. The highest BCUT2D eigenvalue weighted by atomic mass is 35.5. The highest BCUT2D eigenvalue weighted by Gasteiger charge is 2.16. The topological polar surface area (TPSA) is 89.7 Å². The summed E-state index contributed by atoms with van der Waals surface area (Å²) in [5.41, 5.74) is 7.94. The molecule has 0 saturated heterocycles. The van der Waals surface area contributed by atoms with Gasteiger partial charge in [-0.3, -0.25) is 5.10 Å². The minimum Gasteiger partial charge on any atom is -0.458 e. The number of hydrogen-bond donors (Lipinski definition) is 2. The van der Waals surface area contributed by atoms with Crippen LogP contribution in [-0.2, 0) is 0 Å². The molecule has 25 heavy (non-hydrogen) atoms. The number of rotatable bonds is 3. The number of ether oxygens (including phenoxy) is 1. The standard InChI is InChI=1S/C18H14ClN5O/c19-18-21-15(14-16(20)23-24-17(14)22-18)11-5-4-8-13(10-9-11)25-12-6-2-1-3-7-12/h1-3,5-10H,4H2,(H3,20,21,22,23,24). The second-order valence-corrected chi connectivity index (χ2v) is 5.77. The van der Waals surface area contributed by atoms with E-state index in [0.29, 0.717) is 29.0 Å². The van der Waals surface area contributed by atoms with Crippen molar-refractivity contribution in [3.05, 3.63) is 71.4 Å². The second-order valence-electron chi connectivity index (χ2n) is 5.43. The van der Waals surface area contributed by atoms with Gasteiger partial charge in [0.05, 0.1) is 11.1 Å². The van der Waals surface area contributed by atoms with Crippen molar-refractivity contribution in [2.75, 3.05) is 5.73 Å². The summed E-state index contributed by atoms with van der Waals surface area (Å²) >= 11 is 6.02. The largest absolute Gasteiger partial charge is 0.458 e. The van der Waals surface area contributed by atoms with Gasteiger partial charge in [0, 0.05) is 0 Å². The van der Waals surface area contributed by atoms with Crippen LogP contribution < -0.4 is 10.5 Å². The average Bonchev–Trinajstić information content (AvgIpc) is 2.83. The number of nitrogens with zero attached hydrogens (tertiary/aromatic N) is 3. The first-order chi connectivity index (χ1) is 12.2. The van der Waals surface area contributed by atoms with Crippen LogP contribution in [0.3, 0.4) is 0 Å². The number of aromatic nitrogens is 4. The van der Waals surface area contributed by atoms with Crippen LogP contribution in [0.15, 0.2) is 60.4 Å². The molecule has 0 spiro atoms. The van der Waals surface area contributed by atoms with Crippen LogP contribution in [0.2, 0.25) is 5.28 Å². The maximum atomic E-state index is 6.02. The van der Waals surface area contributed by atoms with Crippen LogP contribution in [0.5, 0.6) is 5.75 Å². The van der Waals surface area contributed by atoms with Gasteiger partial charge in [-0.1, -0.05) is 24.3 Å². The van der Waals surface area contributed by atoms with Crippen LogP contribution in [0, 0.1) is 0 Å². The summed E-state index contributed by atoms with van der Waals surface area (Å²) in [4.78, 5) is 8.43. The Morgan fingerprint density at radius 2 is 1.92 bits per heavy atom. The lowest BCUT2D eigenvalue weighted by atomic mass is 10.1. The van der Waals surface area contributed by atoms with Crippen molar-refractivity contribution < 1.29 is 4.74 Å². The van der Waals surface area contributed by atoms with Gasteiger partial charge in [-0.25, -0.2) is 4.98 Å². The van der Waals surface area contributed by atoms with Gasteiger partial charge in [0.2, 0.25) is 5.28 Å². The zero-order valence-corrected chi connectivity index (χ0v) is 13.9. The van der Waals surface area contributed by atoms with E-state index in [1.807, 2.05) is 54.6 Å². The Labute approximate surface area is 148 Å². The van der Waals surface area contributed by atoms with E-state index >= 15 is 0 Å². The van der Waals surface area contributed by atoms with E-state index < -0.39 is 0 Å².